The third-order valence-electron chi connectivity index (χ3n) is 1.56. The maximum atomic E-state index is 11.8. The number of anilines is 1. The molecule has 0 bridgehead atoms. The van der Waals surface area contributed by atoms with Crippen LogP contribution in [0.5, 0.6) is 0 Å². The lowest BCUT2D eigenvalue weighted by Gasteiger charge is -2.01. The summed E-state index contributed by atoms with van der Waals surface area (Å²) in [5.41, 5.74) is 0. The second-order valence-corrected chi connectivity index (χ2v) is 6.41. The Hall–Kier alpha value is -1.00. The Labute approximate surface area is 104 Å². The van der Waals surface area contributed by atoms with Crippen LogP contribution in [0.1, 0.15) is 0 Å². The number of halogens is 1. The molecule has 0 spiro atoms. The van der Waals surface area contributed by atoms with Crippen molar-refractivity contribution < 1.29 is 8.42 Å². The lowest BCUT2D eigenvalue weighted by Crippen LogP contribution is -2.13. The minimum absolute atomic E-state index is 0.0530. The molecule has 2 heterocycles. The van der Waals surface area contributed by atoms with Gasteiger partial charge in [-0.2, -0.15) is 4.80 Å². The summed E-state index contributed by atoms with van der Waals surface area (Å²) in [5, 5.41) is 12.5. The number of aryl methyl sites for hydroxylation is 1. The van der Waals surface area contributed by atoms with Crippen LogP contribution >= 0.6 is 27.3 Å². The highest BCUT2D eigenvalue weighted by molar-refractivity contribution is 9.10. The number of thiophene rings is 1. The van der Waals surface area contributed by atoms with Crippen molar-refractivity contribution in [2.24, 2.45) is 7.05 Å². The molecule has 7 nitrogen and oxygen atoms in total. The van der Waals surface area contributed by atoms with Crippen molar-refractivity contribution >= 4 is 43.2 Å². The van der Waals surface area contributed by atoms with Gasteiger partial charge in [0.25, 0.3) is 16.0 Å². The fraction of sp³-hybridized carbons (Fsp3) is 0.167. The average Bonchev–Trinajstić information content (AvgIpc) is 2.74. The van der Waals surface area contributed by atoms with E-state index in [0.717, 1.165) is 11.3 Å². The molecule has 0 aliphatic rings. The number of hydrogen-bond acceptors (Lipinski definition) is 6. The Balaban J connectivity index is 2.31. The maximum Gasteiger partial charge on any atom is 0.277 e. The van der Waals surface area contributed by atoms with Gasteiger partial charge in [-0.1, -0.05) is 5.10 Å². The first-order chi connectivity index (χ1) is 7.49. The molecule has 1 N–H and O–H groups in total. The summed E-state index contributed by atoms with van der Waals surface area (Å²) >= 11 is 4.25. The van der Waals surface area contributed by atoms with E-state index < -0.39 is 10.0 Å². The van der Waals surface area contributed by atoms with Crippen molar-refractivity contribution in [1.82, 2.24) is 20.2 Å². The van der Waals surface area contributed by atoms with Gasteiger partial charge in [0.1, 0.15) is 0 Å². The van der Waals surface area contributed by atoms with Crippen molar-refractivity contribution in [3.63, 3.8) is 0 Å². The highest BCUT2D eigenvalue weighted by atomic mass is 79.9. The first-order valence-corrected chi connectivity index (χ1v) is 7.14. The van der Waals surface area contributed by atoms with E-state index in [0.29, 0.717) is 4.47 Å². The molecule has 2 aromatic heterocycles. The highest BCUT2D eigenvalue weighted by Crippen LogP contribution is 2.28. The molecule has 0 saturated heterocycles. The SMILES string of the molecule is Cn1nnc(NS(=O)(=O)c2sccc2Br)n1. The molecule has 0 aromatic carbocycles. The Morgan fingerprint density at radius 3 is 2.81 bits per heavy atom. The normalized spacial score (nSPS) is 11.6. The second-order valence-electron chi connectivity index (χ2n) is 2.76. The average molecular weight is 324 g/mol. The minimum atomic E-state index is -3.64. The number of rotatable bonds is 3. The Morgan fingerprint density at radius 2 is 2.31 bits per heavy atom. The van der Waals surface area contributed by atoms with Crippen LogP contribution in [0.4, 0.5) is 5.95 Å². The van der Waals surface area contributed by atoms with E-state index in [4.69, 9.17) is 0 Å². The lowest BCUT2D eigenvalue weighted by atomic mass is 10.7. The first-order valence-electron chi connectivity index (χ1n) is 3.99. The van der Waals surface area contributed by atoms with Gasteiger partial charge in [-0.15, -0.1) is 16.4 Å². The fourth-order valence-corrected chi connectivity index (χ4v) is 4.24. The third kappa shape index (κ3) is 2.23. The topological polar surface area (TPSA) is 89.8 Å². The van der Waals surface area contributed by atoms with Crippen LogP contribution in [0.25, 0.3) is 0 Å². The molecular weight excluding hydrogens is 318 g/mol. The molecule has 0 fully saturated rings. The standard InChI is InChI=1S/C6H6BrN5O2S2/c1-12-9-6(8-11-12)10-16(13,14)5-4(7)2-3-15-5/h2-3H,1H3,(H,9,10). The second kappa shape index (κ2) is 4.11. The lowest BCUT2D eigenvalue weighted by molar-refractivity contribution is 0.602. The molecule has 2 rings (SSSR count). The van der Waals surface area contributed by atoms with E-state index in [-0.39, 0.29) is 10.2 Å². The molecule has 0 amide bonds. The maximum absolute atomic E-state index is 11.8. The van der Waals surface area contributed by atoms with E-state index in [9.17, 15) is 8.42 Å². The van der Waals surface area contributed by atoms with Gasteiger partial charge in [-0.25, -0.2) is 13.1 Å². The molecular formula is C6H6BrN5O2S2. The van der Waals surface area contributed by atoms with Crippen LogP contribution < -0.4 is 4.72 Å². The molecule has 0 aliphatic heterocycles. The van der Waals surface area contributed by atoms with Gasteiger partial charge in [0.2, 0.25) is 0 Å². The summed E-state index contributed by atoms with van der Waals surface area (Å²) in [6.07, 6.45) is 0. The van der Waals surface area contributed by atoms with Gasteiger partial charge in [0.15, 0.2) is 4.21 Å². The summed E-state index contributed by atoms with van der Waals surface area (Å²) in [7, 11) is -2.10. The van der Waals surface area contributed by atoms with Crippen molar-refractivity contribution in [3.05, 3.63) is 15.9 Å². The van der Waals surface area contributed by atoms with E-state index >= 15 is 0 Å². The number of aromatic nitrogens is 4. The first kappa shape index (κ1) is 11.5. The molecule has 0 atom stereocenters. The van der Waals surface area contributed by atoms with E-state index in [2.05, 4.69) is 36.1 Å². The van der Waals surface area contributed by atoms with Crippen molar-refractivity contribution in [3.8, 4) is 0 Å². The van der Waals surface area contributed by atoms with Crippen molar-refractivity contribution in [2.75, 3.05) is 4.72 Å². The van der Waals surface area contributed by atoms with Crippen molar-refractivity contribution in [2.45, 2.75) is 4.21 Å². The van der Waals surface area contributed by atoms with Crippen LogP contribution in [-0.4, -0.2) is 28.6 Å². The van der Waals surface area contributed by atoms with Crippen LogP contribution in [0.15, 0.2) is 20.1 Å². The van der Waals surface area contributed by atoms with Gasteiger partial charge < -0.3 is 0 Å². The van der Waals surface area contributed by atoms with Gasteiger partial charge in [-0.3, -0.25) is 0 Å². The molecule has 0 unspecified atom stereocenters. The van der Waals surface area contributed by atoms with Crippen LogP contribution in [0, 0.1) is 0 Å². The fourth-order valence-electron chi connectivity index (χ4n) is 0.963. The zero-order valence-electron chi connectivity index (χ0n) is 7.95. The number of nitrogens with one attached hydrogen (secondary N) is 1. The number of hydrogen-bond donors (Lipinski definition) is 1. The Kier molecular flexibility index (Phi) is 2.95. The summed E-state index contributed by atoms with van der Waals surface area (Å²) < 4.78 is 26.6. The monoisotopic (exact) mass is 323 g/mol. The Morgan fingerprint density at radius 1 is 1.56 bits per heavy atom. The predicted molar refractivity (Wildman–Crippen MR) is 61.6 cm³/mol. The quantitative estimate of drug-likeness (QED) is 0.903. The molecule has 16 heavy (non-hydrogen) atoms. The third-order valence-corrected chi connectivity index (χ3v) is 5.56. The molecule has 86 valence electrons. The van der Waals surface area contributed by atoms with Crippen molar-refractivity contribution in [1.29, 1.82) is 0 Å². The zero-order chi connectivity index (χ0) is 11.8. The largest absolute Gasteiger partial charge is 0.277 e. The zero-order valence-corrected chi connectivity index (χ0v) is 11.2. The molecule has 0 aliphatic carbocycles. The van der Waals surface area contributed by atoms with Crippen LogP contribution in [0.2, 0.25) is 0 Å². The number of nitrogens with zero attached hydrogens (tertiary/aromatic N) is 4. The summed E-state index contributed by atoms with van der Waals surface area (Å²) in [6, 6.07) is 1.66. The number of sulfonamides is 1. The predicted octanol–water partition coefficient (Wildman–Crippen LogP) is 0.835. The summed E-state index contributed by atoms with van der Waals surface area (Å²) in [4.78, 5) is 1.17. The minimum Gasteiger partial charge on any atom is -0.244 e. The van der Waals surface area contributed by atoms with Gasteiger partial charge in [-0.05, 0) is 32.6 Å². The van der Waals surface area contributed by atoms with Gasteiger partial charge >= 0.3 is 0 Å². The molecule has 0 radical (unpaired) electrons. The van der Waals surface area contributed by atoms with Crippen LogP contribution in [0.3, 0.4) is 0 Å². The van der Waals surface area contributed by atoms with E-state index in [1.54, 1.807) is 18.5 Å². The number of tetrazole rings is 1. The molecule has 10 heteroatoms. The Bertz CT molecular complexity index is 604. The van der Waals surface area contributed by atoms with E-state index in [1.165, 1.54) is 4.80 Å². The summed E-state index contributed by atoms with van der Waals surface area (Å²) in [5.74, 6) is -0.0530. The summed E-state index contributed by atoms with van der Waals surface area (Å²) in [6.45, 7) is 0. The van der Waals surface area contributed by atoms with Gasteiger partial charge in [0.05, 0.1) is 7.05 Å². The van der Waals surface area contributed by atoms with Crippen LogP contribution in [-0.2, 0) is 17.1 Å². The highest BCUT2D eigenvalue weighted by Gasteiger charge is 2.21. The van der Waals surface area contributed by atoms with Gasteiger partial charge in [0, 0.05) is 4.47 Å². The smallest absolute Gasteiger partial charge is 0.244 e. The molecule has 0 saturated carbocycles. The van der Waals surface area contributed by atoms with E-state index in [1.807, 2.05) is 0 Å². The molecule has 2 aromatic rings.